The molecule has 20 heavy (non-hydrogen) atoms. The first kappa shape index (κ1) is 13.3. The first-order chi connectivity index (χ1) is 9.47. The minimum absolute atomic E-state index is 0.166. The van der Waals surface area contributed by atoms with Gasteiger partial charge in [-0.25, -0.2) is 0 Å². The molecule has 0 saturated heterocycles. The molecule has 1 aliphatic heterocycles. The number of nitrogens with one attached hydrogen (secondary N) is 1. The van der Waals surface area contributed by atoms with E-state index in [1.807, 2.05) is 6.08 Å². The van der Waals surface area contributed by atoms with Crippen LogP contribution in [0.4, 0.5) is 18.9 Å². The zero-order valence-electron chi connectivity index (χ0n) is 10.3. The maximum absolute atomic E-state index is 12.7. The summed E-state index contributed by atoms with van der Waals surface area (Å²) < 4.78 is 41.0. The van der Waals surface area contributed by atoms with Gasteiger partial charge in [-0.2, -0.15) is 13.2 Å². The van der Waals surface area contributed by atoms with Gasteiger partial charge in [0.1, 0.15) is 0 Å². The van der Waals surface area contributed by atoms with Crippen molar-refractivity contribution in [3.63, 3.8) is 0 Å². The van der Waals surface area contributed by atoms with Gasteiger partial charge in [0.05, 0.1) is 11.3 Å². The van der Waals surface area contributed by atoms with Gasteiger partial charge in [-0.05, 0) is 30.5 Å². The van der Waals surface area contributed by atoms with Crippen LogP contribution < -0.4 is 4.72 Å². The van der Waals surface area contributed by atoms with E-state index in [1.54, 1.807) is 6.08 Å². The number of halogens is 3. The Morgan fingerprint density at radius 3 is 2.80 bits per heavy atom. The van der Waals surface area contributed by atoms with Gasteiger partial charge in [-0.15, -0.1) is 0 Å². The Labute approximate surface area is 117 Å². The summed E-state index contributed by atoms with van der Waals surface area (Å²) in [5.74, 6) is 0. The lowest BCUT2D eigenvalue weighted by molar-refractivity contribution is -0.137. The first-order valence-corrected chi connectivity index (χ1v) is 6.87. The number of allylic oxidation sites excluding steroid dienone is 3. The molecule has 6 heteroatoms. The van der Waals surface area contributed by atoms with Crippen LogP contribution in [-0.2, 0) is 11.0 Å². The molecule has 2 aliphatic rings. The van der Waals surface area contributed by atoms with Crippen LogP contribution >= 0.6 is 11.9 Å². The van der Waals surface area contributed by atoms with Crippen LogP contribution in [-0.4, -0.2) is 5.12 Å². The number of hydrogen-bond donors (Lipinski definition) is 1. The normalized spacial score (nSPS) is 18.2. The minimum atomic E-state index is -4.39. The summed E-state index contributed by atoms with van der Waals surface area (Å²) in [6, 6.07) is 3.56. The summed E-state index contributed by atoms with van der Waals surface area (Å²) in [4.78, 5) is 12.0. The number of anilines is 1. The molecule has 0 fully saturated rings. The van der Waals surface area contributed by atoms with E-state index in [0.717, 1.165) is 36.1 Å². The Bertz CT molecular complexity index is 646. The van der Waals surface area contributed by atoms with Crippen molar-refractivity contribution in [2.45, 2.75) is 19.0 Å². The molecule has 1 heterocycles. The monoisotopic (exact) mass is 297 g/mol. The van der Waals surface area contributed by atoms with Crippen molar-refractivity contribution >= 4 is 28.3 Å². The fourth-order valence-electron chi connectivity index (χ4n) is 2.36. The maximum Gasteiger partial charge on any atom is 0.416 e. The van der Waals surface area contributed by atoms with E-state index >= 15 is 0 Å². The molecule has 0 aromatic heterocycles. The smallest absolute Gasteiger partial charge is 0.322 e. The number of carbonyl (C=O) groups is 1. The third kappa shape index (κ3) is 2.24. The van der Waals surface area contributed by atoms with Crippen molar-refractivity contribution in [3.05, 3.63) is 47.1 Å². The van der Waals surface area contributed by atoms with Crippen molar-refractivity contribution in [1.82, 2.24) is 0 Å². The highest BCUT2D eigenvalue weighted by atomic mass is 32.2. The second-order valence-corrected chi connectivity index (χ2v) is 5.36. The summed E-state index contributed by atoms with van der Waals surface area (Å²) in [5.41, 5.74) is 1.70. The molecule has 1 aliphatic carbocycles. The van der Waals surface area contributed by atoms with E-state index in [2.05, 4.69) is 4.72 Å². The van der Waals surface area contributed by atoms with E-state index in [4.69, 9.17) is 0 Å². The van der Waals surface area contributed by atoms with Gasteiger partial charge >= 0.3 is 6.18 Å². The fourth-order valence-corrected chi connectivity index (χ4v) is 3.03. The Morgan fingerprint density at radius 1 is 1.25 bits per heavy atom. The number of hydrogen-bond acceptors (Lipinski definition) is 3. The van der Waals surface area contributed by atoms with Crippen LogP contribution in [0.1, 0.15) is 24.0 Å². The number of fused-ring (bicyclic) bond motifs is 2. The number of rotatable bonds is 0. The van der Waals surface area contributed by atoms with Gasteiger partial charge < -0.3 is 4.72 Å². The quantitative estimate of drug-likeness (QED) is 0.719. The zero-order chi connectivity index (χ0) is 14.3. The molecule has 2 nitrogen and oxygen atoms in total. The minimum Gasteiger partial charge on any atom is -0.322 e. The van der Waals surface area contributed by atoms with Crippen molar-refractivity contribution in [2.75, 3.05) is 4.72 Å². The zero-order valence-corrected chi connectivity index (χ0v) is 11.1. The average Bonchev–Trinajstić information content (AvgIpc) is 2.56. The van der Waals surface area contributed by atoms with Crippen LogP contribution in [0.5, 0.6) is 0 Å². The molecule has 0 radical (unpaired) electrons. The largest absolute Gasteiger partial charge is 0.416 e. The molecule has 0 amide bonds. The lowest BCUT2D eigenvalue weighted by Gasteiger charge is -2.16. The molecule has 3 rings (SSSR count). The second-order valence-electron chi connectivity index (χ2n) is 4.58. The highest BCUT2D eigenvalue weighted by molar-refractivity contribution is 8.15. The lowest BCUT2D eigenvalue weighted by Crippen LogP contribution is -2.06. The van der Waals surface area contributed by atoms with Crippen molar-refractivity contribution in [1.29, 1.82) is 0 Å². The van der Waals surface area contributed by atoms with Gasteiger partial charge in [0.25, 0.3) is 0 Å². The summed E-state index contributed by atoms with van der Waals surface area (Å²) in [5, 5.41) is -0.166. The molecule has 0 atom stereocenters. The highest BCUT2D eigenvalue weighted by Crippen LogP contribution is 2.41. The first-order valence-electron chi connectivity index (χ1n) is 6.05. The van der Waals surface area contributed by atoms with E-state index in [-0.39, 0.29) is 5.12 Å². The maximum atomic E-state index is 12.7. The highest BCUT2D eigenvalue weighted by Gasteiger charge is 2.32. The standard InChI is InChI=1S/C14H10F3NOS/c15-14(16,17)8-5-6-10-9-3-1-2-4-11(9)13(19)20-18-12(10)7-8/h2,4-7,18H,1,3H2. The molecular formula is C14H10F3NOS. The fraction of sp³-hybridized carbons (Fsp3) is 0.214. The van der Waals surface area contributed by atoms with Crippen molar-refractivity contribution in [3.8, 4) is 0 Å². The Kier molecular flexibility index (Phi) is 3.12. The molecular weight excluding hydrogens is 287 g/mol. The molecule has 0 saturated carbocycles. The molecule has 0 spiro atoms. The summed E-state index contributed by atoms with van der Waals surface area (Å²) >= 11 is 0.821. The Morgan fingerprint density at radius 2 is 2.05 bits per heavy atom. The summed E-state index contributed by atoms with van der Waals surface area (Å²) in [6.07, 6.45) is 0.728. The molecule has 0 bridgehead atoms. The van der Waals surface area contributed by atoms with E-state index < -0.39 is 11.7 Å². The number of alkyl halides is 3. The number of benzene rings is 1. The molecule has 104 valence electrons. The number of carbonyl (C=O) groups excluding carboxylic acids is 1. The Hall–Kier alpha value is -1.69. The molecule has 1 aromatic carbocycles. The van der Waals surface area contributed by atoms with E-state index in [1.165, 1.54) is 6.07 Å². The molecule has 0 unspecified atom stereocenters. The van der Waals surface area contributed by atoms with Crippen molar-refractivity contribution in [2.24, 2.45) is 0 Å². The van der Waals surface area contributed by atoms with Crippen LogP contribution in [0.15, 0.2) is 35.9 Å². The van der Waals surface area contributed by atoms with Crippen LogP contribution in [0, 0.1) is 0 Å². The SMILES string of the molecule is O=C1SNc2cc(C(F)(F)F)ccc2C2=C1C=CCC2. The topological polar surface area (TPSA) is 29.1 Å². The predicted molar refractivity (Wildman–Crippen MR) is 73.0 cm³/mol. The Balaban J connectivity index is 2.15. The van der Waals surface area contributed by atoms with Crippen LogP contribution in [0.3, 0.4) is 0 Å². The third-order valence-electron chi connectivity index (χ3n) is 3.32. The molecule has 1 aromatic rings. The van der Waals surface area contributed by atoms with Gasteiger partial charge in [-0.3, -0.25) is 4.79 Å². The summed E-state index contributed by atoms with van der Waals surface area (Å²) in [7, 11) is 0. The van der Waals surface area contributed by atoms with Gasteiger partial charge in [0.15, 0.2) is 0 Å². The molecule has 1 N–H and O–H groups in total. The van der Waals surface area contributed by atoms with Crippen LogP contribution in [0.25, 0.3) is 5.57 Å². The lowest BCUT2D eigenvalue weighted by atomic mass is 9.90. The average molecular weight is 297 g/mol. The van der Waals surface area contributed by atoms with Gasteiger partial charge in [-0.1, -0.05) is 18.2 Å². The van der Waals surface area contributed by atoms with Crippen LogP contribution in [0.2, 0.25) is 0 Å². The van der Waals surface area contributed by atoms with Gasteiger partial charge in [0.2, 0.25) is 5.12 Å². The third-order valence-corrected chi connectivity index (χ3v) is 4.04. The van der Waals surface area contributed by atoms with Gasteiger partial charge in [0, 0.05) is 23.1 Å². The van der Waals surface area contributed by atoms with E-state index in [0.29, 0.717) is 23.2 Å². The van der Waals surface area contributed by atoms with Crippen molar-refractivity contribution < 1.29 is 18.0 Å². The van der Waals surface area contributed by atoms with E-state index in [9.17, 15) is 18.0 Å². The summed E-state index contributed by atoms with van der Waals surface area (Å²) in [6.45, 7) is 0. The second kappa shape index (κ2) is 4.70. The predicted octanol–water partition coefficient (Wildman–Crippen LogP) is 4.41.